The van der Waals surface area contributed by atoms with Gasteiger partial charge in [-0.1, -0.05) is 12.1 Å². The van der Waals surface area contributed by atoms with Crippen molar-refractivity contribution in [3.05, 3.63) is 70.9 Å². The van der Waals surface area contributed by atoms with Crippen LogP contribution < -0.4 is 16.1 Å². The molecule has 0 bridgehead atoms. The lowest BCUT2D eigenvalue weighted by Crippen LogP contribution is -2.23. The minimum Gasteiger partial charge on any atom is -0.508 e. The zero-order valence-corrected chi connectivity index (χ0v) is 15.3. The highest BCUT2D eigenvalue weighted by atomic mass is 32.1. The number of phenolic OH excluding ortho intramolecular Hbond substituents is 1. The molecule has 0 aromatic heterocycles. The van der Waals surface area contributed by atoms with Gasteiger partial charge < -0.3 is 20.2 Å². The minimum atomic E-state index is -0.128. The summed E-state index contributed by atoms with van der Waals surface area (Å²) in [5.74, 6) is 0.587. The lowest BCUT2D eigenvalue weighted by atomic mass is 9.93. The summed E-state index contributed by atoms with van der Waals surface area (Å²) in [6.45, 7) is 0. The van der Waals surface area contributed by atoms with Crippen molar-refractivity contribution in [2.45, 2.75) is 0 Å². The average Bonchev–Trinajstić information content (AvgIpc) is 2.66. The molecule has 2 aromatic carbocycles. The molecule has 134 valence electrons. The van der Waals surface area contributed by atoms with Crippen LogP contribution in [0.3, 0.4) is 0 Å². The fourth-order valence-electron chi connectivity index (χ4n) is 3.08. The summed E-state index contributed by atoms with van der Waals surface area (Å²) < 4.78 is 5.86. The van der Waals surface area contributed by atoms with Crippen LogP contribution in [0.4, 0.5) is 5.69 Å². The quantitative estimate of drug-likeness (QED) is 0.360. The van der Waals surface area contributed by atoms with E-state index in [1.165, 1.54) is 12.1 Å². The molecule has 5 nitrogen and oxygen atoms in total. The third-order valence-corrected chi connectivity index (χ3v) is 4.64. The van der Waals surface area contributed by atoms with Gasteiger partial charge in [0.25, 0.3) is 0 Å². The highest BCUT2D eigenvalue weighted by Gasteiger charge is 2.17. The van der Waals surface area contributed by atoms with Gasteiger partial charge in [0.15, 0.2) is 10.5 Å². The second-order valence-corrected chi connectivity index (χ2v) is 6.51. The molecule has 1 heterocycles. The van der Waals surface area contributed by atoms with E-state index in [0.29, 0.717) is 16.5 Å². The molecule has 0 radical (unpaired) electrons. The molecule has 0 unspecified atom stereocenters. The molecule has 2 aliphatic rings. The summed E-state index contributed by atoms with van der Waals surface area (Å²) in [4.78, 5) is 11.8. The molecule has 2 aromatic rings. The van der Waals surface area contributed by atoms with Crippen molar-refractivity contribution in [3.63, 3.8) is 0 Å². The first kappa shape index (κ1) is 17.1. The van der Waals surface area contributed by atoms with Crippen molar-refractivity contribution in [2.24, 2.45) is 0 Å². The van der Waals surface area contributed by atoms with E-state index in [9.17, 15) is 9.90 Å². The molecule has 6 heteroatoms. The van der Waals surface area contributed by atoms with Crippen molar-refractivity contribution >= 4 is 34.0 Å². The number of nitrogens with one attached hydrogen (secondary N) is 2. The number of thiocarbonyl (C=S) groups is 1. The molecule has 0 fully saturated rings. The van der Waals surface area contributed by atoms with Crippen molar-refractivity contribution in [2.75, 3.05) is 12.4 Å². The molecule has 4 rings (SSSR count). The first-order chi connectivity index (χ1) is 13.0. The van der Waals surface area contributed by atoms with Gasteiger partial charge in [-0.05, 0) is 54.2 Å². The molecular weight excluding hydrogens is 360 g/mol. The van der Waals surface area contributed by atoms with Crippen LogP contribution in [0.2, 0.25) is 0 Å². The maximum atomic E-state index is 11.8. The van der Waals surface area contributed by atoms with Crippen LogP contribution in [0.25, 0.3) is 33.4 Å². The van der Waals surface area contributed by atoms with Crippen LogP contribution in [0.15, 0.2) is 69.9 Å². The van der Waals surface area contributed by atoms with E-state index in [1.807, 2.05) is 30.3 Å². The number of hydrogen-bond acceptors (Lipinski definition) is 4. The molecule has 3 N–H and O–H groups in total. The van der Waals surface area contributed by atoms with Gasteiger partial charge in [-0.15, -0.1) is 0 Å². The maximum Gasteiger partial charge on any atom is 0.182 e. The van der Waals surface area contributed by atoms with Gasteiger partial charge in [-0.2, -0.15) is 0 Å². The van der Waals surface area contributed by atoms with E-state index in [2.05, 4.69) is 10.6 Å². The van der Waals surface area contributed by atoms with Crippen molar-refractivity contribution in [3.8, 4) is 28.2 Å². The predicted molar refractivity (Wildman–Crippen MR) is 111 cm³/mol. The molecule has 1 aliphatic heterocycles. The highest BCUT2D eigenvalue weighted by molar-refractivity contribution is 7.80. The van der Waals surface area contributed by atoms with Crippen LogP contribution >= 0.6 is 12.2 Å². The van der Waals surface area contributed by atoms with Gasteiger partial charge in [-0.3, -0.25) is 4.79 Å². The van der Waals surface area contributed by atoms with Crippen LogP contribution in [-0.2, 0) is 0 Å². The molecule has 0 atom stereocenters. The summed E-state index contributed by atoms with van der Waals surface area (Å²) in [6.07, 6.45) is 0. The second kappa shape index (κ2) is 6.74. The fraction of sp³-hybridized carbons (Fsp3) is 0.0476. The van der Waals surface area contributed by atoms with Gasteiger partial charge >= 0.3 is 0 Å². The Hall–Kier alpha value is -3.38. The van der Waals surface area contributed by atoms with Gasteiger partial charge in [0.05, 0.1) is 0 Å². The number of aromatic hydroxyl groups is 1. The first-order valence-corrected chi connectivity index (χ1v) is 8.75. The van der Waals surface area contributed by atoms with Gasteiger partial charge in [-0.25, -0.2) is 0 Å². The third kappa shape index (κ3) is 3.22. The van der Waals surface area contributed by atoms with Crippen LogP contribution in [0.5, 0.6) is 5.75 Å². The zero-order chi connectivity index (χ0) is 19.0. The average molecular weight is 376 g/mol. The van der Waals surface area contributed by atoms with Crippen molar-refractivity contribution in [1.82, 2.24) is 5.32 Å². The van der Waals surface area contributed by atoms with E-state index in [0.717, 1.165) is 27.8 Å². The molecule has 0 saturated carbocycles. The van der Waals surface area contributed by atoms with E-state index < -0.39 is 0 Å². The Balaban J connectivity index is 1.94. The molecule has 0 spiro atoms. The summed E-state index contributed by atoms with van der Waals surface area (Å²) in [5, 5.41) is 17.2. The molecule has 0 amide bonds. The smallest absolute Gasteiger partial charge is 0.182 e. The van der Waals surface area contributed by atoms with Crippen molar-refractivity contribution in [1.29, 1.82) is 0 Å². The summed E-state index contributed by atoms with van der Waals surface area (Å²) in [6, 6.07) is 17.6. The van der Waals surface area contributed by atoms with E-state index >= 15 is 0 Å². The number of rotatable bonds is 2. The number of fused-ring (bicyclic) bond motifs is 2. The standard InChI is InChI=1S/C21H16N2O3S/c1-22-21(27)23-13-4-2-12(3-5-13)20-16-8-6-14(24)10-18(16)26-19-11-15(25)7-9-17(19)20/h2-11,24H,1H3,(H2,22,23,27). The maximum absolute atomic E-state index is 11.8. The Morgan fingerprint density at radius 1 is 1.04 bits per heavy atom. The first-order valence-electron chi connectivity index (χ1n) is 8.34. The fourth-order valence-corrected chi connectivity index (χ4v) is 3.20. The van der Waals surface area contributed by atoms with E-state index in [4.69, 9.17) is 16.6 Å². The Morgan fingerprint density at radius 3 is 2.56 bits per heavy atom. The van der Waals surface area contributed by atoms with E-state index in [1.54, 1.807) is 25.2 Å². The SMILES string of the molecule is CNC(=S)Nc1ccc(-c2c3ccc(=O)cc-3oc3cc(O)ccc23)cc1. The minimum absolute atomic E-state index is 0.106. The Kier molecular flexibility index (Phi) is 4.25. The number of phenols is 1. The normalized spacial score (nSPS) is 10.9. The summed E-state index contributed by atoms with van der Waals surface area (Å²) in [7, 11) is 1.76. The Morgan fingerprint density at radius 2 is 1.81 bits per heavy atom. The highest BCUT2D eigenvalue weighted by Crippen LogP contribution is 2.40. The van der Waals surface area contributed by atoms with Gasteiger partial charge in [0.2, 0.25) is 0 Å². The van der Waals surface area contributed by atoms with Crippen LogP contribution in [-0.4, -0.2) is 17.3 Å². The monoisotopic (exact) mass is 376 g/mol. The molecule has 1 aliphatic carbocycles. The van der Waals surface area contributed by atoms with Crippen LogP contribution in [0.1, 0.15) is 0 Å². The van der Waals surface area contributed by atoms with Crippen LogP contribution in [0, 0.1) is 0 Å². The Labute approximate surface area is 160 Å². The topological polar surface area (TPSA) is 74.5 Å². The van der Waals surface area contributed by atoms with E-state index in [-0.39, 0.29) is 11.2 Å². The summed E-state index contributed by atoms with van der Waals surface area (Å²) in [5.41, 5.74) is 3.99. The predicted octanol–water partition coefficient (Wildman–Crippen LogP) is 4.19. The van der Waals surface area contributed by atoms with Gasteiger partial charge in [0, 0.05) is 41.4 Å². The lowest BCUT2D eigenvalue weighted by Gasteiger charge is -2.15. The zero-order valence-electron chi connectivity index (χ0n) is 14.4. The van der Waals surface area contributed by atoms with Gasteiger partial charge in [0.1, 0.15) is 17.1 Å². The molecular formula is C21H16N2O3S. The second-order valence-electron chi connectivity index (χ2n) is 6.10. The Bertz CT molecular complexity index is 1180. The summed E-state index contributed by atoms with van der Waals surface area (Å²) >= 11 is 5.13. The number of hydrogen-bond donors (Lipinski definition) is 3. The van der Waals surface area contributed by atoms with Crippen molar-refractivity contribution < 1.29 is 9.52 Å². The molecule has 27 heavy (non-hydrogen) atoms. The number of anilines is 1. The lowest BCUT2D eigenvalue weighted by molar-refractivity contribution is 0.474. The number of benzene rings is 3. The largest absolute Gasteiger partial charge is 0.508 e. The molecule has 0 saturated heterocycles. The third-order valence-electron chi connectivity index (χ3n) is 4.34.